The van der Waals surface area contributed by atoms with Gasteiger partial charge in [-0.1, -0.05) is 127 Å². The summed E-state index contributed by atoms with van der Waals surface area (Å²) < 4.78 is 17.5. The minimum Gasteiger partial charge on any atom is -0.461 e. The van der Waals surface area contributed by atoms with Crippen LogP contribution in [0.5, 0.6) is 0 Å². The third-order valence-electron chi connectivity index (χ3n) is 8.83. The molecule has 0 spiro atoms. The maximum atomic E-state index is 13.5. The first-order valence-electron chi connectivity index (χ1n) is 16.8. The number of carbonyl (C=O) groups excluding carboxylic acids is 3. The van der Waals surface area contributed by atoms with Gasteiger partial charge >= 0.3 is 17.9 Å². The second kappa shape index (κ2) is 15.9. The van der Waals surface area contributed by atoms with Crippen LogP contribution in [0.2, 0.25) is 0 Å². The molecule has 52 heavy (non-hydrogen) atoms. The molecule has 0 saturated carbocycles. The molecular weight excluding hydrogens is 673 g/mol. The van der Waals surface area contributed by atoms with E-state index in [4.69, 9.17) is 14.2 Å². The van der Waals surface area contributed by atoms with Gasteiger partial charge in [0.15, 0.2) is 12.2 Å². The van der Waals surface area contributed by atoms with Gasteiger partial charge in [0.1, 0.15) is 12.0 Å². The largest absolute Gasteiger partial charge is 0.461 e. The highest BCUT2D eigenvalue weighted by molar-refractivity contribution is 8.00. The van der Waals surface area contributed by atoms with Crippen LogP contribution in [0.25, 0.3) is 33.4 Å². The standard InChI is InChI=1S/C44H34O7S/c45-41(35-22-16-32(17-23-35)29-10-4-1-5-11-29)49-28-38-39(50-42(46)36-24-18-33(19-25-36)30-12-6-2-7-13-30)40(44(48)52-38)51-43(47)37-26-20-34(21-27-37)31-14-8-3-9-15-31/h1-27,38-40,44,48H,28H2. The molecule has 0 radical (unpaired) electrons. The summed E-state index contributed by atoms with van der Waals surface area (Å²) in [5.41, 5.74) is 5.47. The van der Waals surface area contributed by atoms with E-state index in [9.17, 15) is 19.5 Å². The van der Waals surface area contributed by atoms with Gasteiger partial charge in [-0.05, 0) is 69.8 Å². The van der Waals surface area contributed by atoms with Gasteiger partial charge < -0.3 is 19.3 Å². The summed E-state index contributed by atoms with van der Waals surface area (Å²) in [6, 6.07) is 50.3. The van der Waals surface area contributed by atoms with Crippen molar-refractivity contribution in [2.45, 2.75) is 22.9 Å². The average molecular weight is 707 g/mol. The molecule has 1 fully saturated rings. The predicted molar refractivity (Wildman–Crippen MR) is 202 cm³/mol. The van der Waals surface area contributed by atoms with E-state index in [1.807, 2.05) is 127 Å². The zero-order valence-corrected chi connectivity index (χ0v) is 28.7. The molecule has 0 aromatic heterocycles. The molecule has 6 aromatic rings. The van der Waals surface area contributed by atoms with Crippen molar-refractivity contribution in [3.05, 3.63) is 180 Å². The van der Waals surface area contributed by atoms with Crippen LogP contribution in [0.3, 0.4) is 0 Å². The summed E-state index contributed by atoms with van der Waals surface area (Å²) in [5.74, 6) is -1.93. The number of aliphatic hydroxyl groups is 1. The van der Waals surface area contributed by atoms with E-state index in [0.29, 0.717) is 5.56 Å². The number of hydrogen-bond acceptors (Lipinski definition) is 8. The molecule has 7 nitrogen and oxygen atoms in total. The highest BCUT2D eigenvalue weighted by atomic mass is 32.2. The van der Waals surface area contributed by atoms with Crippen molar-refractivity contribution in [2.75, 3.05) is 6.61 Å². The summed E-state index contributed by atoms with van der Waals surface area (Å²) in [5, 5.41) is 10.4. The van der Waals surface area contributed by atoms with E-state index in [1.165, 1.54) is 0 Å². The second-order valence-corrected chi connectivity index (χ2v) is 13.6. The van der Waals surface area contributed by atoms with Crippen molar-refractivity contribution in [3.8, 4) is 33.4 Å². The molecule has 0 bridgehead atoms. The molecule has 1 heterocycles. The molecule has 6 aromatic carbocycles. The molecule has 1 saturated heterocycles. The van der Waals surface area contributed by atoms with Gasteiger partial charge in [-0.15, -0.1) is 11.8 Å². The number of aliphatic hydroxyl groups excluding tert-OH is 1. The fourth-order valence-corrected chi connectivity index (χ4v) is 7.26. The third kappa shape index (κ3) is 7.99. The summed E-state index contributed by atoms with van der Waals surface area (Å²) in [4.78, 5) is 40.0. The lowest BCUT2D eigenvalue weighted by Gasteiger charge is -2.24. The smallest absolute Gasteiger partial charge is 0.338 e. The Morgan fingerprint density at radius 3 is 1.15 bits per heavy atom. The van der Waals surface area contributed by atoms with E-state index in [2.05, 4.69) is 0 Å². The van der Waals surface area contributed by atoms with Crippen LogP contribution in [0.15, 0.2) is 164 Å². The first-order valence-corrected chi connectivity index (χ1v) is 17.8. The fraction of sp³-hybridized carbons (Fsp3) is 0.114. The molecule has 258 valence electrons. The molecule has 8 heteroatoms. The van der Waals surface area contributed by atoms with Crippen LogP contribution in [0.1, 0.15) is 31.1 Å². The molecule has 1 aliphatic rings. The van der Waals surface area contributed by atoms with Crippen LogP contribution in [0.4, 0.5) is 0 Å². The average Bonchev–Trinajstić information content (AvgIpc) is 3.50. The molecule has 1 aliphatic heterocycles. The van der Waals surface area contributed by atoms with E-state index < -0.39 is 40.8 Å². The van der Waals surface area contributed by atoms with Crippen molar-refractivity contribution in [2.24, 2.45) is 0 Å². The number of ether oxygens (including phenoxy) is 3. The van der Waals surface area contributed by atoms with Crippen molar-refractivity contribution < 1.29 is 33.7 Å². The second-order valence-electron chi connectivity index (χ2n) is 12.2. The van der Waals surface area contributed by atoms with E-state index in [-0.39, 0.29) is 17.7 Å². The monoisotopic (exact) mass is 706 g/mol. The number of carbonyl (C=O) groups is 3. The fourth-order valence-electron chi connectivity index (χ4n) is 6.02. The van der Waals surface area contributed by atoms with Crippen LogP contribution in [-0.4, -0.2) is 52.5 Å². The van der Waals surface area contributed by atoms with Crippen LogP contribution in [0, 0.1) is 0 Å². The topological polar surface area (TPSA) is 99.1 Å². The Balaban J connectivity index is 1.07. The molecule has 0 amide bonds. The number of esters is 3. The van der Waals surface area contributed by atoms with E-state index in [1.54, 1.807) is 36.4 Å². The van der Waals surface area contributed by atoms with Crippen molar-refractivity contribution in [3.63, 3.8) is 0 Å². The molecular formula is C44H34O7S. The summed E-state index contributed by atoms with van der Waals surface area (Å²) in [6.07, 6.45) is -2.35. The Bertz CT molecular complexity index is 2120. The lowest BCUT2D eigenvalue weighted by Crippen LogP contribution is -2.41. The Morgan fingerprint density at radius 1 is 0.442 bits per heavy atom. The van der Waals surface area contributed by atoms with Crippen LogP contribution >= 0.6 is 11.8 Å². The number of rotatable bonds is 10. The zero-order valence-electron chi connectivity index (χ0n) is 27.9. The molecule has 4 unspecified atom stereocenters. The van der Waals surface area contributed by atoms with Gasteiger partial charge in [0.25, 0.3) is 0 Å². The lowest BCUT2D eigenvalue weighted by molar-refractivity contribution is -0.0557. The van der Waals surface area contributed by atoms with Gasteiger partial charge in [-0.3, -0.25) is 0 Å². The van der Waals surface area contributed by atoms with Gasteiger partial charge in [0.2, 0.25) is 0 Å². The van der Waals surface area contributed by atoms with Crippen LogP contribution < -0.4 is 0 Å². The zero-order chi connectivity index (χ0) is 35.9. The number of thioether (sulfide) groups is 1. The molecule has 4 atom stereocenters. The van der Waals surface area contributed by atoms with Gasteiger partial charge in [-0.25, -0.2) is 14.4 Å². The Kier molecular flexibility index (Phi) is 10.6. The first-order chi connectivity index (χ1) is 25.4. The molecule has 7 rings (SSSR count). The minimum absolute atomic E-state index is 0.203. The van der Waals surface area contributed by atoms with Crippen molar-refractivity contribution in [1.29, 1.82) is 0 Å². The highest BCUT2D eigenvalue weighted by Crippen LogP contribution is 2.38. The minimum atomic E-state index is -1.25. The normalized spacial score (nSPS) is 17.9. The first kappa shape index (κ1) is 34.5. The number of hydrogen-bond donors (Lipinski definition) is 1. The highest BCUT2D eigenvalue weighted by Gasteiger charge is 2.49. The summed E-state index contributed by atoms with van der Waals surface area (Å²) >= 11 is 1.02. The maximum Gasteiger partial charge on any atom is 0.338 e. The van der Waals surface area contributed by atoms with Crippen LogP contribution in [-0.2, 0) is 14.2 Å². The lowest BCUT2D eigenvalue weighted by atomic mass is 10.0. The molecule has 1 N–H and O–H groups in total. The Morgan fingerprint density at radius 2 is 0.769 bits per heavy atom. The van der Waals surface area contributed by atoms with E-state index in [0.717, 1.165) is 45.1 Å². The quantitative estimate of drug-likeness (QED) is 0.112. The maximum absolute atomic E-state index is 13.5. The van der Waals surface area contributed by atoms with E-state index >= 15 is 0 Å². The van der Waals surface area contributed by atoms with Crippen molar-refractivity contribution in [1.82, 2.24) is 0 Å². The third-order valence-corrected chi connectivity index (χ3v) is 10.1. The van der Waals surface area contributed by atoms with Crippen molar-refractivity contribution >= 4 is 29.7 Å². The number of benzene rings is 6. The van der Waals surface area contributed by atoms with Gasteiger partial charge in [0, 0.05) is 0 Å². The summed E-state index contributed by atoms with van der Waals surface area (Å²) in [7, 11) is 0. The van der Waals surface area contributed by atoms with Gasteiger partial charge in [-0.2, -0.15) is 0 Å². The van der Waals surface area contributed by atoms with Gasteiger partial charge in [0.05, 0.1) is 21.9 Å². The predicted octanol–water partition coefficient (Wildman–Crippen LogP) is 8.73. The Hall–Kier alpha value is -5.96. The Labute approximate surface area is 305 Å². The summed E-state index contributed by atoms with van der Waals surface area (Å²) in [6.45, 7) is -0.203. The molecule has 0 aliphatic carbocycles. The SMILES string of the molecule is O=C(OCC1SC(O)C(OC(=O)c2ccc(-c3ccccc3)cc2)C1OC(=O)c1ccc(-c2ccccc2)cc1)c1ccc(-c2ccccc2)cc1.